The van der Waals surface area contributed by atoms with E-state index in [4.69, 9.17) is 5.11 Å². The summed E-state index contributed by atoms with van der Waals surface area (Å²) in [7, 11) is 0. The van der Waals surface area contributed by atoms with Gasteiger partial charge in [0.2, 0.25) is 0 Å². The summed E-state index contributed by atoms with van der Waals surface area (Å²) in [5.74, 6) is 0. The number of piperazine rings is 1. The number of hydrogen-bond donors (Lipinski definition) is 2. The molecule has 1 aromatic rings. The number of benzene rings is 1. The summed E-state index contributed by atoms with van der Waals surface area (Å²) in [6, 6.07) is 5.49. The van der Waals surface area contributed by atoms with Gasteiger partial charge in [0.05, 0.1) is 5.56 Å². The van der Waals surface area contributed by atoms with Crippen LogP contribution in [0.3, 0.4) is 0 Å². The van der Waals surface area contributed by atoms with E-state index >= 15 is 0 Å². The van der Waals surface area contributed by atoms with Crippen LogP contribution < -0.4 is 5.32 Å². The zero-order chi connectivity index (χ0) is 15.3. The topological polar surface area (TPSA) is 35.5 Å². The molecular formula is C15H22ClF3N2O. The molecule has 1 fully saturated rings. The monoisotopic (exact) mass is 338 g/mol. The first-order chi connectivity index (χ1) is 10.0. The Morgan fingerprint density at radius 2 is 1.91 bits per heavy atom. The fourth-order valence-corrected chi connectivity index (χ4v) is 2.76. The molecular weight excluding hydrogens is 317 g/mol. The maximum Gasteiger partial charge on any atom is 0.416 e. The number of nitrogens with zero attached hydrogens (tertiary/aromatic N) is 1. The van der Waals surface area contributed by atoms with Gasteiger partial charge in [-0.3, -0.25) is 4.90 Å². The first-order valence-electron chi connectivity index (χ1n) is 7.25. The van der Waals surface area contributed by atoms with Crippen molar-refractivity contribution in [1.29, 1.82) is 0 Å². The van der Waals surface area contributed by atoms with Crippen molar-refractivity contribution < 1.29 is 18.3 Å². The molecule has 0 bridgehead atoms. The average Bonchev–Trinajstić information content (AvgIpc) is 2.48. The van der Waals surface area contributed by atoms with Crippen molar-refractivity contribution >= 4 is 12.4 Å². The zero-order valence-electron chi connectivity index (χ0n) is 12.3. The lowest BCUT2D eigenvalue weighted by atomic mass is 9.97. The first kappa shape index (κ1) is 19.2. The van der Waals surface area contributed by atoms with Crippen molar-refractivity contribution in [3.63, 3.8) is 0 Å². The maximum atomic E-state index is 12.9. The lowest BCUT2D eigenvalue weighted by molar-refractivity contribution is -0.137. The number of aliphatic hydroxyl groups is 1. The van der Waals surface area contributed by atoms with Crippen LogP contribution in [0.15, 0.2) is 24.3 Å². The maximum absolute atomic E-state index is 12.9. The van der Waals surface area contributed by atoms with Gasteiger partial charge in [-0.1, -0.05) is 12.1 Å². The molecule has 1 aromatic carbocycles. The van der Waals surface area contributed by atoms with E-state index in [0.717, 1.165) is 32.2 Å². The largest absolute Gasteiger partial charge is 0.416 e. The quantitative estimate of drug-likeness (QED) is 0.866. The van der Waals surface area contributed by atoms with Crippen molar-refractivity contribution in [1.82, 2.24) is 10.2 Å². The van der Waals surface area contributed by atoms with E-state index < -0.39 is 11.7 Å². The molecule has 3 nitrogen and oxygen atoms in total. The van der Waals surface area contributed by atoms with Gasteiger partial charge in [0.1, 0.15) is 0 Å². The summed E-state index contributed by atoms with van der Waals surface area (Å²) in [5, 5.41) is 12.3. The van der Waals surface area contributed by atoms with Crippen LogP contribution >= 0.6 is 12.4 Å². The molecule has 0 unspecified atom stereocenters. The highest BCUT2D eigenvalue weighted by atomic mass is 35.5. The predicted molar refractivity (Wildman–Crippen MR) is 82.2 cm³/mol. The summed E-state index contributed by atoms with van der Waals surface area (Å²) in [6.45, 7) is 3.36. The molecule has 2 rings (SSSR count). The van der Waals surface area contributed by atoms with E-state index in [-0.39, 0.29) is 25.1 Å². The number of halogens is 4. The Bertz CT molecular complexity index is 451. The van der Waals surface area contributed by atoms with Crippen molar-refractivity contribution in [3.8, 4) is 0 Å². The second-order valence-electron chi connectivity index (χ2n) is 5.29. The van der Waals surface area contributed by atoms with Crippen molar-refractivity contribution in [2.75, 3.05) is 32.8 Å². The Labute approximate surface area is 134 Å². The lowest BCUT2D eigenvalue weighted by Gasteiger charge is -2.35. The molecule has 7 heteroatoms. The lowest BCUT2D eigenvalue weighted by Crippen LogP contribution is -2.45. The highest BCUT2D eigenvalue weighted by molar-refractivity contribution is 5.85. The Morgan fingerprint density at radius 1 is 1.23 bits per heavy atom. The molecule has 1 heterocycles. The third-order valence-electron chi connectivity index (χ3n) is 3.83. The van der Waals surface area contributed by atoms with E-state index in [9.17, 15) is 13.2 Å². The molecule has 2 N–H and O–H groups in total. The molecule has 0 spiro atoms. The molecule has 0 amide bonds. The van der Waals surface area contributed by atoms with Gasteiger partial charge >= 0.3 is 6.18 Å². The minimum absolute atomic E-state index is 0. The second kappa shape index (κ2) is 8.72. The van der Waals surface area contributed by atoms with E-state index in [1.165, 1.54) is 12.1 Å². The molecule has 126 valence electrons. The Balaban J connectivity index is 0.00000242. The molecule has 1 atom stereocenters. The minimum Gasteiger partial charge on any atom is -0.396 e. The molecule has 1 saturated heterocycles. The van der Waals surface area contributed by atoms with Crippen LogP contribution in [0.1, 0.15) is 30.0 Å². The van der Waals surface area contributed by atoms with Gasteiger partial charge in [0, 0.05) is 38.8 Å². The van der Waals surface area contributed by atoms with Crippen molar-refractivity contribution in [2.24, 2.45) is 0 Å². The molecule has 22 heavy (non-hydrogen) atoms. The predicted octanol–water partition coefficient (Wildman–Crippen LogP) is 2.85. The van der Waals surface area contributed by atoms with Gasteiger partial charge in [0.25, 0.3) is 0 Å². The van der Waals surface area contributed by atoms with Crippen LogP contribution in [0.5, 0.6) is 0 Å². The normalized spacial score (nSPS) is 17.8. The molecule has 1 aliphatic heterocycles. The number of rotatable bonds is 5. The number of alkyl halides is 3. The van der Waals surface area contributed by atoms with Gasteiger partial charge in [-0.25, -0.2) is 0 Å². The third kappa shape index (κ3) is 5.12. The molecule has 0 aromatic heterocycles. The standard InChI is InChI=1S/C15H21F3N2O.ClH/c16-15(17,18)13-4-1-3-12(11-13)14(5-2-10-21)20-8-6-19-7-9-20;/h1,3-4,11,14,19,21H,2,5-10H2;1H/t14-;/m1./s1. The smallest absolute Gasteiger partial charge is 0.396 e. The van der Waals surface area contributed by atoms with Crippen LogP contribution in [-0.4, -0.2) is 42.8 Å². The first-order valence-corrected chi connectivity index (χ1v) is 7.25. The summed E-state index contributed by atoms with van der Waals surface area (Å²) in [5.41, 5.74) is 0.0734. The van der Waals surface area contributed by atoms with Gasteiger partial charge in [-0.15, -0.1) is 12.4 Å². The zero-order valence-corrected chi connectivity index (χ0v) is 13.1. The summed E-state index contributed by atoms with van der Waals surface area (Å²) in [6.07, 6.45) is -3.07. The Hall–Kier alpha value is -0.820. The highest BCUT2D eigenvalue weighted by Gasteiger charge is 2.31. The summed E-state index contributed by atoms with van der Waals surface area (Å²) >= 11 is 0. The molecule has 0 aliphatic carbocycles. The van der Waals surface area contributed by atoms with Crippen LogP contribution in [0.4, 0.5) is 13.2 Å². The fraction of sp³-hybridized carbons (Fsp3) is 0.600. The number of nitrogens with one attached hydrogen (secondary N) is 1. The van der Waals surface area contributed by atoms with Gasteiger partial charge in [0.15, 0.2) is 0 Å². The highest BCUT2D eigenvalue weighted by Crippen LogP contribution is 2.33. The van der Waals surface area contributed by atoms with E-state index in [2.05, 4.69) is 10.2 Å². The Morgan fingerprint density at radius 3 is 2.50 bits per heavy atom. The minimum atomic E-state index is -4.32. The molecule has 0 saturated carbocycles. The average molecular weight is 339 g/mol. The SMILES string of the molecule is Cl.OCCC[C@H](c1cccc(C(F)(F)F)c1)N1CCNCC1. The molecule has 1 aliphatic rings. The Kier molecular flexibility index (Phi) is 7.62. The van der Waals surface area contributed by atoms with E-state index in [0.29, 0.717) is 18.4 Å². The van der Waals surface area contributed by atoms with Crippen molar-refractivity contribution in [3.05, 3.63) is 35.4 Å². The summed E-state index contributed by atoms with van der Waals surface area (Å²) in [4.78, 5) is 2.20. The van der Waals surface area contributed by atoms with Gasteiger partial charge in [-0.2, -0.15) is 13.2 Å². The van der Waals surface area contributed by atoms with Crippen LogP contribution in [0, 0.1) is 0 Å². The number of hydrogen-bond acceptors (Lipinski definition) is 3. The van der Waals surface area contributed by atoms with E-state index in [1.54, 1.807) is 6.07 Å². The van der Waals surface area contributed by atoms with Gasteiger partial charge in [-0.05, 0) is 30.5 Å². The van der Waals surface area contributed by atoms with Gasteiger partial charge < -0.3 is 10.4 Å². The van der Waals surface area contributed by atoms with Crippen LogP contribution in [-0.2, 0) is 6.18 Å². The number of aliphatic hydroxyl groups excluding tert-OH is 1. The van der Waals surface area contributed by atoms with Crippen LogP contribution in [0.25, 0.3) is 0 Å². The van der Waals surface area contributed by atoms with E-state index in [1.807, 2.05) is 0 Å². The third-order valence-corrected chi connectivity index (χ3v) is 3.83. The fourth-order valence-electron chi connectivity index (χ4n) is 2.76. The second-order valence-corrected chi connectivity index (χ2v) is 5.29. The van der Waals surface area contributed by atoms with Crippen molar-refractivity contribution in [2.45, 2.75) is 25.1 Å². The molecule has 0 radical (unpaired) electrons. The van der Waals surface area contributed by atoms with Crippen LogP contribution in [0.2, 0.25) is 0 Å². The summed E-state index contributed by atoms with van der Waals surface area (Å²) < 4.78 is 38.6.